The summed E-state index contributed by atoms with van der Waals surface area (Å²) in [4.78, 5) is 24.4. The zero-order valence-electron chi connectivity index (χ0n) is 14.0. The lowest BCUT2D eigenvalue weighted by Crippen LogP contribution is -2.21. The van der Waals surface area contributed by atoms with Gasteiger partial charge < -0.3 is 10.6 Å². The van der Waals surface area contributed by atoms with Crippen LogP contribution in [0.15, 0.2) is 36.4 Å². The number of carbonyl (C=O) groups is 2. The van der Waals surface area contributed by atoms with Crippen LogP contribution in [-0.4, -0.2) is 11.8 Å². The fourth-order valence-corrected chi connectivity index (χ4v) is 2.80. The fraction of sp³-hybridized carbons (Fsp3) is 0.263. The lowest BCUT2D eigenvalue weighted by Gasteiger charge is -2.10. The van der Waals surface area contributed by atoms with Gasteiger partial charge in [-0.05, 0) is 36.6 Å². The maximum Gasteiger partial charge on any atom is 0.228 e. The van der Waals surface area contributed by atoms with E-state index in [4.69, 9.17) is 0 Å². The summed E-state index contributed by atoms with van der Waals surface area (Å²) in [5.41, 5.74) is 1.22. The van der Waals surface area contributed by atoms with Gasteiger partial charge in [0, 0.05) is 5.69 Å². The largest absolute Gasteiger partial charge is 0.326 e. The number of amides is 2. The summed E-state index contributed by atoms with van der Waals surface area (Å²) < 4.78 is 39.8. The van der Waals surface area contributed by atoms with Gasteiger partial charge in [0.05, 0.1) is 17.5 Å². The Labute approximate surface area is 148 Å². The quantitative estimate of drug-likeness (QED) is 0.793. The van der Waals surface area contributed by atoms with Crippen molar-refractivity contribution in [3.8, 4) is 0 Å². The Morgan fingerprint density at radius 1 is 0.923 bits per heavy atom. The number of hydrogen-bond donors (Lipinski definition) is 2. The zero-order chi connectivity index (χ0) is 18.8. The molecule has 2 aromatic rings. The molecule has 0 spiro atoms. The first kappa shape index (κ1) is 18.0. The Balaban J connectivity index is 1.62. The summed E-state index contributed by atoms with van der Waals surface area (Å²) in [6.45, 7) is 1.97. The zero-order valence-corrected chi connectivity index (χ0v) is 14.0. The summed E-state index contributed by atoms with van der Waals surface area (Å²) in [7, 11) is 0. The van der Waals surface area contributed by atoms with Crippen molar-refractivity contribution in [3.05, 3.63) is 59.4 Å². The molecule has 0 saturated heterocycles. The van der Waals surface area contributed by atoms with Crippen LogP contribution in [0.2, 0.25) is 0 Å². The van der Waals surface area contributed by atoms with Crippen molar-refractivity contribution in [2.24, 2.45) is 11.8 Å². The van der Waals surface area contributed by atoms with Crippen molar-refractivity contribution in [1.29, 1.82) is 0 Å². The second kappa shape index (κ2) is 7.19. The monoisotopic (exact) mass is 362 g/mol. The van der Waals surface area contributed by atoms with Gasteiger partial charge >= 0.3 is 0 Å². The standard InChI is InChI=1S/C19H17F3N2O2/c1-2-10-5-3-4-6-14(10)23-18(25)11-9-12(11)19(26)24-15-8-7-13(20)16(21)17(15)22/h3-8,11-12H,2,9H2,1H3,(H,23,25)(H,24,26). The van der Waals surface area contributed by atoms with Gasteiger partial charge in [-0.3, -0.25) is 9.59 Å². The maximum atomic E-state index is 13.6. The van der Waals surface area contributed by atoms with Gasteiger partial charge in [0.2, 0.25) is 11.8 Å². The second-order valence-electron chi connectivity index (χ2n) is 6.16. The van der Waals surface area contributed by atoms with Crippen LogP contribution in [0, 0.1) is 29.3 Å². The van der Waals surface area contributed by atoms with E-state index in [2.05, 4.69) is 10.6 Å². The van der Waals surface area contributed by atoms with Gasteiger partial charge in [-0.2, -0.15) is 0 Å². The van der Waals surface area contributed by atoms with E-state index in [9.17, 15) is 22.8 Å². The normalized spacial score (nSPS) is 18.3. The summed E-state index contributed by atoms with van der Waals surface area (Å²) in [5.74, 6) is -6.50. The molecule has 136 valence electrons. The predicted octanol–water partition coefficient (Wildman–Crippen LogP) is 3.88. The van der Waals surface area contributed by atoms with Gasteiger partial charge in [-0.25, -0.2) is 13.2 Å². The third kappa shape index (κ3) is 3.56. The van der Waals surface area contributed by atoms with Crippen molar-refractivity contribution in [3.63, 3.8) is 0 Å². The highest BCUT2D eigenvalue weighted by Gasteiger charge is 2.48. The van der Waals surface area contributed by atoms with Crippen molar-refractivity contribution >= 4 is 23.2 Å². The Morgan fingerprint density at radius 2 is 1.54 bits per heavy atom. The summed E-state index contributed by atoms with van der Waals surface area (Å²) in [6, 6.07) is 9.03. The van der Waals surface area contributed by atoms with Gasteiger partial charge in [-0.1, -0.05) is 25.1 Å². The molecule has 2 atom stereocenters. The molecule has 3 rings (SSSR count). The van der Waals surface area contributed by atoms with Gasteiger partial charge in [-0.15, -0.1) is 0 Å². The number of nitrogens with one attached hydrogen (secondary N) is 2. The Kier molecular flexibility index (Phi) is 4.97. The average Bonchev–Trinajstić information content (AvgIpc) is 3.43. The van der Waals surface area contributed by atoms with E-state index in [0.29, 0.717) is 12.1 Å². The molecule has 2 amide bonds. The van der Waals surface area contributed by atoms with E-state index >= 15 is 0 Å². The molecule has 2 aromatic carbocycles. The first-order valence-corrected chi connectivity index (χ1v) is 8.25. The van der Waals surface area contributed by atoms with E-state index in [1.807, 2.05) is 19.1 Å². The molecule has 2 N–H and O–H groups in total. The Morgan fingerprint density at radius 3 is 2.19 bits per heavy atom. The molecule has 1 fully saturated rings. The molecule has 26 heavy (non-hydrogen) atoms. The highest BCUT2D eigenvalue weighted by atomic mass is 19.2. The number of para-hydroxylation sites is 1. The topological polar surface area (TPSA) is 58.2 Å². The molecule has 7 heteroatoms. The fourth-order valence-electron chi connectivity index (χ4n) is 2.80. The maximum absolute atomic E-state index is 13.6. The second-order valence-corrected chi connectivity index (χ2v) is 6.16. The number of anilines is 2. The highest BCUT2D eigenvalue weighted by molar-refractivity contribution is 6.03. The van der Waals surface area contributed by atoms with Crippen molar-refractivity contribution in [2.75, 3.05) is 10.6 Å². The molecule has 4 nitrogen and oxygen atoms in total. The van der Waals surface area contributed by atoms with E-state index in [0.717, 1.165) is 24.1 Å². The molecule has 2 unspecified atom stereocenters. The molecule has 1 aliphatic carbocycles. The van der Waals surface area contributed by atoms with Crippen LogP contribution >= 0.6 is 0 Å². The molecule has 1 aliphatic rings. The van der Waals surface area contributed by atoms with Crippen LogP contribution in [0.3, 0.4) is 0 Å². The highest BCUT2D eigenvalue weighted by Crippen LogP contribution is 2.40. The van der Waals surface area contributed by atoms with Crippen molar-refractivity contribution in [2.45, 2.75) is 19.8 Å². The molecule has 0 radical (unpaired) electrons. The molecular weight excluding hydrogens is 345 g/mol. The predicted molar refractivity (Wildman–Crippen MR) is 91.0 cm³/mol. The van der Waals surface area contributed by atoms with Crippen LogP contribution in [-0.2, 0) is 16.0 Å². The minimum atomic E-state index is -1.65. The van der Waals surface area contributed by atoms with Crippen LogP contribution in [0.25, 0.3) is 0 Å². The minimum Gasteiger partial charge on any atom is -0.326 e. The minimum absolute atomic E-state index is 0.295. The van der Waals surface area contributed by atoms with Crippen LogP contribution < -0.4 is 10.6 Å². The molecule has 0 aromatic heterocycles. The first-order valence-electron chi connectivity index (χ1n) is 8.25. The Hall–Kier alpha value is -2.83. The van der Waals surface area contributed by atoms with Crippen molar-refractivity contribution in [1.82, 2.24) is 0 Å². The van der Waals surface area contributed by atoms with E-state index in [-0.39, 0.29) is 5.91 Å². The van der Waals surface area contributed by atoms with E-state index < -0.39 is 40.9 Å². The SMILES string of the molecule is CCc1ccccc1NC(=O)C1CC1C(=O)Nc1ccc(F)c(F)c1F. The number of carbonyl (C=O) groups excluding carboxylic acids is 2. The van der Waals surface area contributed by atoms with E-state index in [1.54, 1.807) is 12.1 Å². The smallest absolute Gasteiger partial charge is 0.228 e. The average molecular weight is 362 g/mol. The van der Waals surface area contributed by atoms with Gasteiger partial charge in [0.15, 0.2) is 17.5 Å². The van der Waals surface area contributed by atoms with Gasteiger partial charge in [0.25, 0.3) is 0 Å². The third-order valence-corrected chi connectivity index (χ3v) is 4.41. The first-order chi connectivity index (χ1) is 12.4. The molecule has 0 bridgehead atoms. The molecule has 1 saturated carbocycles. The number of halogens is 3. The summed E-state index contributed by atoms with van der Waals surface area (Å²) in [6.07, 6.45) is 1.07. The molecule has 0 heterocycles. The van der Waals surface area contributed by atoms with Crippen LogP contribution in [0.4, 0.5) is 24.5 Å². The molecular formula is C19H17F3N2O2. The lowest BCUT2D eigenvalue weighted by molar-refractivity contribution is -0.122. The van der Waals surface area contributed by atoms with Crippen LogP contribution in [0.1, 0.15) is 18.9 Å². The van der Waals surface area contributed by atoms with Crippen molar-refractivity contribution < 1.29 is 22.8 Å². The number of benzene rings is 2. The van der Waals surface area contributed by atoms with E-state index in [1.165, 1.54) is 0 Å². The summed E-state index contributed by atoms with van der Waals surface area (Å²) >= 11 is 0. The lowest BCUT2D eigenvalue weighted by atomic mass is 10.1. The Bertz CT molecular complexity index is 870. The number of rotatable bonds is 5. The molecule has 0 aliphatic heterocycles. The number of aryl methyl sites for hydroxylation is 1. The third-order valence-electron chi connectivity index (χ3n) is 4.41. The number of hydrogen-bond acceptors (Lipinski definition) is 2. The van der Waals surface area contributed by atoms with Gasteiger partial charge in [0.1, 0.15) is 0 Å². The summed E-state index contributed by atoms with van der Waals surface area (Å²) in [5, 5.41) is 5.01. The van der Waals surface area contributed by atoms with Crippen LogP contribution in [0.5, 0.6) is 0 Å².